The van der Waals surface area contributed by atoms with Gasteiger partial charge in [0.1, 0.15) is 42.1 Å². The number of hydrogen-bond acceptors (Lipinski definition) is 14. The van der Waals surface area contributed by atoms with Gasteiger partial charge in [-0.05, 0) is 75.6 Å². The highest BCUT2D eigenvalue weighted by molar-refractivity contribution is 7.44. The third-order valence-electron chi connectivity index (χ3n) is 10.3. The lowest BCUT2D eigenvalue weighted by molar-refractivity contribution is -0.159. The fourth-order valence-electron chi connectivity index (χ4n) is 7.32. The zero-order valence-corrected chi connectivity index (χ0v) is 37.7. The van der Waals surface area contributed by atoms with E-state index in [1.165, 1.54) is 10.8 Å². The minimum Gasteiger partial charge on any atom is -0.497 e. The second-order valence-corrected chi connectivity index (χ2v) is 16.7. The van der Waals surface area contributed by atoms with Gasteiger partial charge in [0.05, 0.1) is 59.4 Å². The van der Waals surface area contributed by atoms with E-state index in [0.29, 0.717) is 11.5 Å². The predicted molar refractivity (Wildman–Crippen MR) is 234 cm³/mol. The lowest BCUT2D eigenvalue weighted by Gasteiger charge is -2.37. The van der Waals surface area contributed by atoms with E-state index >= 15 is 0 Å². The molecule has 3 aromatic carbocycles. The minimum atomic E-state index is -1.51. The molecular formula is C46H57N4O12P. The fourth-order valence-corrected chi connectivity index (χ4v) is 8.89. The van der Waals surface area contributed by atoms with Crippen LogP contribution in [0.5, 0.6) is 11.5 Å². The van der Waals surface area contributed by atoms with Crippen LogP contribution < -0.4 is 20.7 Å². The van der Waals surface area contributed by atoms with Crippen molar-refractivity contribution in [3.63, 3.8) is 0 Å². The number of nitriles is 1. The first kappa shape index (κ1) is 48.6. The number of methoxy groups -OCH3 is 2. The Labute approximate surface area is 368 Å². The van der Waals surface area contributed by atoms with Crippen molar-refractivity contribution in [2.24, 2.45) is 0 Å². The summed E-state index contributed by atoms with van der Waals surface area (Å²) in [6, 6.07) is 26.9. The maximum atomic E-state index is 13.5. The molecule has 1 aliphatic heterocycles. The number of nitrogens with zero attached hydrogens (tertiary/aromatic N) is 3. The molecule has 0 bridgehead atoms. The van der Waals surface area contributed by atoms with Crippen LogP contribution in [0.2, 0.25) is 0 Å². The fraction of sp³-hybridized carbons (Fsp3) is 0.457. The number of esters is 2. The second-order valence-electron chi connectivity index (χ2n) is 15.3. The van der Waals surface area contributed by atoms with Crippen LogP contribution in [0.4, 0.5) is 0 Å². The Balaban J connectivity index is 1.34. The zero-order chi connectivity index (χ0) is 45.5. The first-order valence-electron chi connectivity index (χ1n) is 20.8. The monoisotopic (exact) mass is 888 g/mol. The van der Waals surface area contributed by atoms with Crippen molar-refractivity contribution in [2.45, 2.75) is 96.4 Å². The Morgan fingerprint density at radius 3 is 2.00 bits per heavy atom. The molecule has 338 valence electrons. The summed E-state index contributed by atoms with van der Waals surface area (Å²) in [6.07, 6.45) is -1.68. The van der Waals surface area contributed by atoms with Gasteiger partial charge in [-0.1, -0.05) is 54.6 Å². The molecule has 16 nitrogen and oxygen atoms in total. The number of aromatic nitrogens is 2. The Morgan fingerprint density at radius 2 is 1.43 bits per heavy atom. The highest BCUT2D eigenvalue weighted by Crippen LogP contribution is 2.46. The largest absolute Gasteiger partial charge is 0.497 e. The number of H-pyrrole nitrogens is 1. The SMILES string of the molecule is COc1ccc(C(OC[C@H]2O[C@@H](n3cc(C)c(=O)[nH]c3=O)C[C@@H]2OC(=O)CCC(=O)OCCOP(OCCC#N)N(C(C)C)C(C)C)(c2ccccc2)c2ccc(OC)cc2)cc1. The number of hydrogen-bond donors (Lipinski definition) is 1. The van der Waals surface area contributed by atoms with Crippen LogP contribution in [0.1, 0.15) is 81.9 Å². The quantitative estimate of drug-likeness (QED) is 0.0359. The van der Waals surface area contributed by atoms with Crippen LogP contribution >= 0.6 is 8.53 Å². The number of ether oxygens (including phenoxy) is 6. The summed E-state index contributed by atoms with van der Waals surface area (Å²) < 4.78 is 51.1. The number of carbonyl (C=O) groups is 2. The highest BCUT2D eigenvalue weighted by atomic mass is 31.2. The van der Waals surface area contributed by atoms with E-state index in [0.717, 1.165) is 16.7 Å². The Bertz CT molecular complexity index is 2190. The van der Waals surface area contributed by atoms with Gasteiger partial charge < -0.3 is 37.5 Å². The zero-order valence-electron chi connectivity index (χ0n) is 36.8. The standard InChI is InChI=1S/C46H57N4O12P/c1-31(2)50(32(3)4)63(59-25-11-24-47)60-27-26-57-42(51)22-23-43(52)62-39-28-41(49-29-33(5)44(53)48-45(49)54)61-40(39)30-58-46(34-12-9-8-10-13-34,35-14-18-37(55-6)19-15-35)36-16-20-38(56-7)21-17-36/h8-10,12-21,29,31-32,39-41H,11,22-23,25-28,30H2,1-7H3,(H,48,53,54)/t39-,40+,41+,63?/m0/s1. The summed E-state index contributed by atoms with van der Waals surface area (Å²) >= 11 is 0. The molecule has 1 saturated heterocycles. The van der Waals surface area contributed by atoms with Crippen molar-refractivity contribution < 1.29 is 47.1 Å². The van der Waals surface area contributed by atoms with Gasteiger partial charge >= 0.3 is 17.6 Å². The second kappa shape index (κ2) is 23.3. The van der Waals surface area contributed by atoms with Gasteiger partial charge in [0.15, 0.2) is 0 Å². The van der Waals surface area contributed by atoms with E-state index in [-0.39, 0.29) is 69.8 Å². The molecule has 1 N–H and O–H groups in total. The minimum absolute atomic E-state index is 0.0412. The molecule has 0 saturated carbocycles. The molecule has 4 aromatic rings. The maximum Gasteiger partial charge on any atom is 0.330 e. The number of nitrogens with one attached hydrogen (secondary N) is 1. The number of aryl methyl sites for hydroxylation is 1. The summed E-state index contributed by atoms with van der Waals surface area (Å²) in [6.45, 7) is 9.70. The molecule has 1 unspecified atom stereocenters. The Kier molecular flexibility index (Phi) is 18.0. The first-order chi connectivity index (χ1) is 30.3. The molecule has 63 heavy (non-hydrogen) atoms. The van der Waals surface area contributed by atoms with Crippen molar-refractivity contribution >= 4 is 20.5 Å². The van der Waals surface area contributed by atoms with E-state index in [1.54, 1.807) is 21.1 Å². The van der Waals surface area contributed by atoms with Gasteiger partial charge in [0, 0.05) is 30.3 Å². The first-order valence-corrected chi connectivity index (χ1v) is 22.0. The lowest BCUT2D eigenvalue weighted by atomic mass is 9.80. The number of carbonyl (C=O) groups excluding carboxylic acids is 2. The highest BCUT2D eigenvalue weighted by Gasteiger charge is 2.44. The summed E-state index contributed by atoms with van der Waals surface area (Å²) in [7, 11) is 1.66. The van der Waals surface area contributed by atoms with E-state index < -0.39 is 55.8 Å². The van der Waals surface area contributed by atoms with E-state index in [1.807, 2.05) is 107 Å². The van der Waals surface area contributed by atoms with Gasteiger partial charge in [-0.2, -0.15) is 5.26 Å². The average Bonchev–Trinajstić information content (AvgIpc) is 3.67. The van der Waals surface area contributed by atoms with Crippen molar-refractivity contribution in [1.82, 2.24) is 14.2 Å². The van der Waals surface area contributed by atoms with E-state index in [9.17, 15) is 19.2 Å². The van der Waals surface area contributed by atoms with Crippen LogP contribution in [0.3, 0.4) is 0 Å². The molecule has 0 spiro atoms. The van der Waals surface area contributed by atoms with Crippen LogP contribution in [0.15, 0.2) is 94.6 Å². The topological polar surface area (TPSA) is 190 Å². The molecule has 17 heteroatoms. The number of aromatic amines is 1. The number of rotatable bonds is 23. The van der Waals surface area contributed by atoms with Crippen LogP contribution in [0.25, 0.3) is 0 Å². The Hall–Kier alpha value is -5.40. The smallest absolute Gasteiger partial charge is 0.330 e. The maximum absolute atomic E-state index is 13.5. The molecule has 0 radical (unpaired) electrons. The molecule has 2 heterocycles. The van der Waals surface area contributed by atoms with Crippen molar-refractivity contribution in [3.05, 3.63) is 128 Å². The summed E-state index contributed by atoms with van der Waals surface area (Å²) in [4.78, 5) is 53.9. The van der Waals surface area contributed by atoms with Crippen LogP contribution in [0, 0.1) is 18.3 Å². The van der Waals surface area contributed by atoms with Crippen molar-refractivity contribution in [3.8, 4) is 17.6 Å². The van der Waals surface area contributed by atoms with E-state index in [4.69, 9.17) is 42.7 Å². The molecule has 1 aromatic heterocycles. The van der Waals surface area contributed by atoms with E-state index in [2.05, 4.69) is 15.7 Å². The predicted octanol–water partition coefficient (Wildman–Crippen LogP) is 6.69. The molecule has 0 amide bonds. The molecule has 0 aliphatic carbocycles. The molecule has 1 aliphatic rings. The lowest BCUT2D eigenvalue weighted by Crippen LogP contribution is -2.39. The van der Waals surface area contributed by atoms with Gasteiger partial charge in [0.2, 0.25) is 0 Å². The van der Waals surface area contributed by atoms with Crippen LogP contribution in [-0.4, -0.2) is 91.1 Å². The van der Waals surface area contributed by atoms with Crippen molar-refractivity contribution in [2.75, 3.05) is 40.6 Å². The third-order valence-corrected chi connectivity index (χ3v) is 12.4. The molecule has 5 rings (SSSR count). The van der Waals surface area contributed by atoms with Crippen LogP contribution in [-0.2, 0) is 43.2 Å². The van der Waals surface area contributed by atoms with Gasteiger partial charge in [-0.15, -0.1) is 0 Å². The molecule has 1 fully saturated rings. The normalized spacial score (nSPS) is 16.8. The van der Waals surface area contributed by atoms with Gasteiger partial charge in [0.25, 0.3) is 14.1 Å². The Morgan fingerprint density at radius 1 is 0.857 bits per heavy atom. The summed E-state index contributed by atoms with van der Waals surface area (Å²) in [5.74, 6) is -0.0200. The van der Waals surface area contributed by atoms with Crippen molar-refractivity contribution in [1.29, 1.82) is 5.26 Å². The van der Waals surface area contributed by atoms with Gasteiger partial charge in [-0.25, -0.2) is 9.46 Å². The summed E-state index contributed by atoms with van der Waals surface area (Å²) in [5, 5.41) is 8.97. The third kappa shape index (κ3) is 12.6. The average molecular weight is 889 g/mol. The molecule has 4 atom stereocenters. The van der Waals surface area contributed by atoms with Gasteiger partial charge in [-0.3, -0.25) is 23.9 Å². The summed E-state index contributed by atoms with van der Waals surface area (Å²) in [5.41, 5.74) is 0.156. The molecular weight excluding hydrogens is 831 g/mol. The number of benzene rings is 3.